The monoisotopic (exact) mass is 293 g/mol. The van der Waals surface area contributed by atoms with Gasteiger partial charge in [0.25, 0.3) is 0 Å². The third-order valence-corrected chi connectivity index (χ3v) is 3.66. The molecule has 0 spiro atoms. The number of aromatic nitrogens is 2. The highest BCUT2D eigenvalue weighted by atomic mass is 32.2. The molecule has 0 fully saturated rings. The first kappa shape index (κ1) is 14.3. The molecule has 1 heterocycles. The molecule has 1 aromatic heterocycles. The van der Waals surface area contributed by atoms with Gasteiger partial charge in [-0.3, -0.25) is 4.68 Å². The van der Waals surface area contributed by atoms with Gasteiger partial charge in [0.15, 0.2) is 9.84 Å². The van der Waals surface area contributed by atoms with Gasteiger partial charge in [-0.2, -0.15) is 5.10 Å². The van der Waals surface area contributed by atoms with E-state index in [0.717, 1.165) is 5.56 Å². The second-order valence-corrected chi connectivity index (χ2v) is 6.36. The van der Waals surface area contributed by atoms with Crippen molar-refractivity contribution in [2.24, 2.45) is 12.2 Å². The van der Waals surface area contributed by atoms with Crippen LogP contribution in [-0.4, -0.2) is 30.7 Å². The van der Waals surface area contributed by atoms with Crippen molar-refractivity contribution in [1.29, 1.82) is 0 Å². The molecule has 0 bridgehead atoms. The van der Waals surface area contributed by atoms with Crippen LogP contribution in [0, 0.1) is 0 Å². The maximum atomic E-state index is 11.4. The van der Waals surface area contributed by atoms with E-state index >= 15 is 0 Å². The van der Waals surface area contributed by atoms with E-state index in [-0.39, 0.29) is 11.5 Å². The van der Waals surface area contributed by atoms with Gasteiger partial charge in [0.1, 0.15) is 12.3 Å². The molecule has 0 N–H and O–H groups in total. The summed E-state index contributed by atoms with van der Waals surface area (Å²) in [5, 5.41) is 7.90. The fraction of sp³-hybridized carbons (Fsp3) is 0.231. The molecule has 0 atom stereocenters. The summed E-state index contributed by atoms with van der Waals surface area (Å²) in [4.78, 5) is 5.40. The quantitative estimate of drug-likeness (QED) is 0.616. The second-order valence-electron chi connectivity index (χ2n) is 4.34. The Morgan fingerprint density at radius 1 is 1.40 bits per heavy atom. The molecule has 7 heteroatoms. The predicted molar refractivity (Wildman–Crippen MR) is 75.1 cm³/mol. The van der Waals surface area contributed by atoms with E-state index in [0.29, 0.717) is 5.69 Å². The normalized spacial score (nSPS) is 11.9. The first-order chi connectivity index (χ1) is 9.45. The molecule has 0 aliphatic carbocycles. The Balaban J connectivity index is 1.96. The minimum absolute atomic E-state index is 0.201. The summed E-state index contributed by atoms with van der Waals surface area (Å²) >= 11 is 0. The number of oxime groups is 1. The minimum Gasteiger partial charge on any atom is -0.391 e. The first-order valence-corrected chi connectivity index (χ1v) is 7.78. The van der Waals surface area contributed by atoms with Crippen molar-refractivity contribution in [2.45, 2.75) is 11.5 Å². The first-order valence-electron chi connectivity index (χ1n) is 5.89. The zero-order chi connectivity index (χ0) is 14.6. The van der Waals surface area contributed by atoms with Crippen LogP contribution in [0.1, 0.15) is 11.3 Å². The Hall–Kier alpha value is -2.15. The summed E-state index contributed by atoms with van der Waals surface area (Å²) in [5.74, 6) is 0. The Morgan fingerprint density at radius 2 is 2.20 bits per heavy atom. The average Bonchev–Trinajstić information content (AvgIpc) is 2.80. The van der Waals surface area contributed by atoms with Crippen LogP contribution >= 0.6 is 0 Å². The van der Waals surface area contributed by atoms with E-state index in [9.17, 15) is 8.42 Å². The smallest absolute Gasteiger partial charge is 0.175 e. The van der Waals surface area contributed by atoms with E-state index in [4.69, 9.17) is 4.84 Å². The lowest BCUT2D eigenvalue weighted by atomic mass is 10.2. The van der Waals surface area contributed by atoms with Crippen molar-refractivity contribution in [3.8, 4) is 0 Å². The van der Waals surface area contributed by atoms with E-state index in [1.807, 2.05) is 7.05 Å². The van der Waals surface area contributed by atoms with Gasteiger partial charge in [0.05, 0.1) is 11.1 Å². The van der Waals surface area contributed by atoms with Crippen LogP contribution in [0.5, 0.6) is 0 Å². The van der Waals surface area contributed by atoms with Crippen LogP contribution in [0.15, 0.2) is 46.6 Å². The number of nitrogens with zero attached hydrogens (tertiary/aromatic N) is 3. The fourth-order valence-corrected chi connectivity index (χ4v) is 2.26. The molecule has 0 unspecified atom stereocenters. The summed E-state index contributed by atoms with van der Waals surface area (Å²) in [7, 11) is -1.39. The Bertz CT molecular complexity index is 720. The third-order valence-electron chi connectivity index (χ3n) is 2.55. The molecular weight excluding hydrogens is 278 g/mol. The molecule has 6 nitrogen and oxygen atoms in total. The number of rotatable bonds is 5. The predicted octanol–water partition coefficient (Wildman–Crippen LogP) is 1.37. The topological polar surface area (TPSA) is 73.6 Å². The van der Waals surface area contributed by atoms with Gasteiger partial charge in [-0.15, -0.1) is 0 Å². The summed E-state index contributed by atoms with van der Waals surface area (Å²) in [6, 6.07) is 8.39. The summed E-state index contributed by atoms with van der Waals surface area (Å²) in [6.45, 7) is 0.201. The van der Waals surface area contributed by atoms with Crippen molar-refractivity contribution in [1.82, 2.24) is 9.78 Å². The third kappa shape index (κ3) is 3.92. The number of hydrogen-bond acceptors (Lipinski definition) is 5. The van der Waals surface area contributed by atoms with Crippen LogP contribution in [0.4, 0.5) is 0 Å². The van der Waals surface area contributed by atoms with Crippen LogP contribution in [0.2, 0.25) is 0 Å². The Morgan fingerprint density at radius 3 is 2.85 bits per heavy atom. The Kier molecular flexibility index (Phi) is 4.19. The van der Waals surface area contributed by atoms with Crippen molar-refractivity contribution >= 4 is 16.1 Å². The zero-order valence-electron chi connectivity index (χ0n) is 11.2. The molecule has 0 amide bonds. The standard InChI is InChI=1S/C13H15N3O3S/c1-16-7-6-12(15-16)9-14-19-10-11-4-3-5-13(8-11)20(2,17)18/h3-9H,10H2,1-2H3/b14-9+. The molecular formula is C13H15N3O3S. The van der Waals surface area contributed by atoms with Gasteiger partial charge < -0.3 is 4.84 Å². The minimum atomic E-state index is -3.20. The van der Waals surface area contributed by atoms with E-state index in [1.54, 1.807) is 41.2 Å². The largest absolute Gasteiger partial charge is 0.391 e. The fourth-order valence-electron chi connectivity index (χ4n) is 1.57. The summed E-state index contributed by atoms with van der Waals surface area (Å²) in [5.41, 5.74) is 1.43. The van der Waals surface area contributed by atoms with Gasteiger partial charge in [0, 0.05) is 19.5 Å². The van der Waals surface area contributed by atoms with Crippen molar-refractivity contribution in [3.05, 3.63) is 47.8 Å². The van der Waals surface area contributed by atoms with Gasteiger partial charge in [-0.25, -0.2) is 8.42 Å². The second kappa shape index (κ2) is 5.87. The van der Waals surface area contributed by atoms with Gasteiger partial charge in [0.2, 0.25) is 0 Å². The molecule has 0 saturated carbocycles. The van der Waals surface area contributed by atoms with Crippen LogP contribution < -0.4 is 0 Å². The highest BCUT2D eigenvalue weighted by Crippen LogP contribution is 2.12. The Labute approximate surface area is 117 Å². The number of aryl methyl sites for hydroxylation is 1. The van der Waals surface area contributed by atoms with Crippen molar-refractivity contribution in [3.63, 3.8) is 0 Å². The lowest BCUT2D eigenvalue weighted by molar-refractivity contribution is 0.132. The molecule has 2 rings (SSSR count). The van der Waals surface area contributed by atoms with Crippen LogP contribution in [-0.2, 0) is 28.3 Å². The van der Waals surface area contributed by atoms with Crippen LogP contribution in [0.3, 0.4) is 0 Å². The molecule has 1 aromatic carbocycles. The molecule has 0 aliphatic heterocycles. The van der Waals surface area contributed by atoms with Crippen molar-refractivity contribution in [2.75, 3.05) is 6.26 Å². The zero-order valence-corrected chi connectivity index (χ0v) is 12.0. The van der Waals surface area contributed by atoms with Gasteiger partial charge in [-0.05, 0) is 23.8 Å². The van der Waals surface area contributed by atoms with Crippen LogP contribution in [0.25, 0.3) is 0 Å². The maximum absolute atomic E-state index is 11.4. The van der Waals surface area contributed by atoms with E-state index in [2.05, 4.69) is 10.3 Å². The highest BCUT2D eigenvalue weighted by molar-refractivity contribution is 7.90. The average molecular weight is 293 g/mol. The molecule has 2 aromatic rings. The summed E-state index contributed by atoms with van der Waals surface area (Å²) < 4.78 is 24.5. The number of sulfone groups is 1. The summed E-state index contributed by atoms with van der Waals surface area (Å²) in [6.07, 6.45) is 4.48. The van der Waals surface area contributed by atoms with Gasteiger partial charge in [-0.1, -0.05) is 17.3 Å². The number of benzene rings is 1. The van der Waals surface area contributed by atoms with E-state index in [1.165, 1.54) is 12.5 Å². The van der Waals surface area contributed by atoms with E-state index < -0.39 is 9.84 Å². The molecule has 0 radical (unpaired) electrons. The number of hydrogen-bond donors (Lipinski definition) is 0. The van der Waals surface area contributed by atoms with Crippen molar-refractivity contribution < 1.29 is 13.3 Å². The SMILES string of the molecule is Cn1ccc(/C=N/OCc2cccc(S(C)(=O)=O)c2)n1. The molecule has 0 aliphatic rings. The van der Waals surface area contributed by atoms with Gasteiger partial charge >= 0.3 is 0 Å². The highest BCUT2D eigenvalue weighted by Gasteiger charge is 2.07. The lowest BCUT2D eigenvalue weighted by Crippen LogP contribution is -1.98. The maximum Gasteiger partial charge on any atom is 0.175 e. The molecule has 20 heavy (non-hydrogen) atoms. The molecule has 0 saturated heterocycles. The lowest BCUT2D eigenvalue weighted by Gasteiger charge is -2.02. The molecule has 106 valence electrons.